The average Bonchev–Trinajstić information content (AvgIpc) is 3.11. The third kappa shape index (κ3) is 1.95. The molecule has 0 saturated carbocycles. The largest absolute Gasteiger partial charge is 0.336 e. The van der Waals surface area contributed by atoms with Crippen molar-refractivity contribution in [2.75, 3.05) is 13.1 Å². The Kier molecular flexibility index (Phi) is 2.80. The SMILES string of the molecule is Cc1nnc2n1[C@H]1CN(C(=O)c3ccccc3)C[C@H]1CC2. The third-order valence-corrected chi connectivity index (χ3v) is 4.72. The van der Waals surface area contributed by atoms with Crippen LogP contribution in [-0.4, -0.2) is 38.7 Å². The van der Waals surface area contributed by atoms with Crippen LogP contribution in [0.15, 0.2) is 30.3 Å². The zero-order valence-corrected chi connectivity index (χ0v) is 12.1. The number of carbonyl (C=O) groups excluding carboxylic acids is 1. The van der Waals surface area contributed by atoms with Gasteiger partial charge in [0.25, 0.3) is 5.91 Å². The van der Waals surface area contributed by atoms with E-state index < -0.39 is 0 Å². The Morgan fingerprint density at radius 3 is 2.81 bits per heavy atom. The zero-order chi connectivity index (χ0) is 14.4. The summed E-state index contributed by atoms with van der Waals surface area (Å²) >= 11 is 0. The molecule has 1 saturated heterocycles. The molecular weight excluding hydrogens is 264 g/mol. The molecule has 0 bridgehead atoms. The van der Waals surface area contributed by atoms with Gasteiger partial charge in [0.2, 0.25) is 0 Å². The van der Waals surface area contributed by atoms with Gasteiger partial charge in [-0.1, -0.05) is 18.2 Å². The van der Waals surface area contributed by atoms with E-state index in [2.05, 4.69) is 14.8 Å². The molecule has 3 heterocycles. The van der Waals surface area contributed by atoms with Crippen LogP contribution in [0.2, 0.25) is 0 Å². The number of rotatable bonds is 1. The van der Waals surface area contributed by atoms with Gasteiger partial charge in [-0.3, -0.25) is 4.79 Å². The van der Waals surface area contributed by atoms with E-state index >= 15 is 0 Å². The summed E-state index contributed by atoms with van der Waals surface area (Å²) in [5.41, 5.74) is 0.775. The molecule has 2 aliphatic heterocycles. The first-order valence-corrected chi connectivity index (χ1v) is 7.49. The summed E-state index contributed by atoms with van der Waals surface area (Å²) < 4.78 is 2.24. The molecule has 1 amide bonds. The number of aromatic nitrogens is 3. The van der Waals surface area contributed by atoms with Gasteiger partial charge in [0.1, 0.15) is 11.6 Å². The van der Waals surface area contributed by atoms with E-state index in [-0.39, 0.29) is 5.91 Å². The highest BCUT2D eigenvalue weighted by atomic mass is 16.2. The molecule has 5 heteroatoms. The average molecular weight is 282 g/mol. The quantitative estimate of drug-likeness (QED) is 0.802. The van der Waals surface area contributed by atoms with Gasteiger partial charge in [-0.15, -0.1) is 10.2 Å². The van der Waals surface area contributed by atoms with Gasteiger partial charge in [0.15, 0.2) is 0 Å². The van der Waals surface area contributed by atoms with Crippen molar-refractivity contribution in [1.29, 1.82) is 0 Å². The smallest absolute Gasteiger partial charge is 0.253 e. The first kappa shape index (κ1) is 12.6. The number of aryl methyl sites for hydroxylation is 2. The van der Waals surface area contributed by atoms with E-state index in [1.807, 2.05) is 42.2 Å². The fourth-order valence-corrected chi connectivity index (χ4v) is 3.69. The fourth-order valence-electron chi connectivity index (χ4n) is 3.69. The van der Waals surface area contributed by atoms with Gasteiger partial charge in [0, 0.05) is 25.1 Å². The molecule has 2 aliphatic rings. The number of fused-ring (bicyclic) bond motifs is 3. The van der Waals surface area contributed by atoms with Gasteiger partial charge in [-0.2, -0.15) is 0 Å². The molecule has 21 heavy (non-hydrogen) atoms. The third-order valence-electron chi connectivity index (χ3n) is 4.72. The highest BCUT2D eigenvalue weighted by Crippen LogP contribution is 2.37. The normalized spacial score (nSPS) is 23.8. The first-order chi connectivity index (χ1) is 10.2. The van der Waals surface area contributed by atoms with E-state index in [0.29, 0.717) is 12.0 Å². The lowest BCUT2D eigenvalue weighted by Crippen LogP contribution is -2.29. The molecule has 0 N–H and O–H groups in total. The molecule has 0 unspecified atom stereocenters. The first-order valence-electron chi connectivity index (χ1n) is 7.49. The van der Waals surface area contributed by atoms with Crippen LogP contribution in [0, 0.1) is 12.8 Å². The Labute approximate surface area is 123 Å². The molecule has 2 atom stereocenters. The number of hydrogen-bond acceptors (Lipinski definition) is 3. The monoisotopic (exact) mass is 282 g/mol. The fraction of sp³-hybridized carbons (Fsp3) is 0.438. The number of benzene rings is 1. The molecule has 2 aromatic rings. The van der Waals surface area contributed by atoms with Crippen LogP contribution < -0.4 is 0 Å². The Morgan fingerprint density at radius 2 is 2.00 bits per heavy atom. The van der Waals surface area contributed by atoms with Crippen LogP contribution in [0.4, 0.5) is 0 Å². The Balaban J connectivity index is 1.61. The lowest BCUT2D eigenvalue weighted by Gasteiger charge is -2.26. The molecule has 0 radical (unpaired) electrons. The molecule has 0 spiro atoms. The number of hydrogen-bond donors (Lipinski definition) is 0. The standard InChI is InChI=1S/C16H18N4O/c1-11-17-18-15-8-7-13-9-19(10-14(13)20(11)15)16(21)12-5-3-2-4-6-12/h2-6,13-14H,7-10H2,1H3/t13-,14+/m1/s1. The van der Waals surface area contributed by atoms with Crippen LogP contribution >= 0.6 is 0 Å². The number of carbonyl (C=O) groups is 1. The molecule has 1 aromatic carbocycles. The summed E-state index contributed by atoms with van der Waals surface area (Å²) in [7, 11) is 0. The second-order valence-electron chi connectivity index (χ2n) is 5.98. The van der Waals surface area contributed by atoms with E-state index in [4.69, 9.17) is 0 Å². The zero-order valence-electron chi connectivity index (χ0n) is 12.1. The summed E-state index contributed by atoms with van der Waals surface area (Å²) in [6.45, 7) is 3.61. The molecule has 0 aliphatic carbocycles. The van der Waals surface area contributed by atoms with Crippen molar-refractivity contribution < 1.29 is 4.79 Å². The number of likely N-dealkylation sites (tertiary alicyclic amines) is 1. The highest BCUT2D eigenvalue weighted by molar-refractivity contribution is 5.94. The van der Waals surface area contributed by atoms with Gasteiger partial charge in [0.05, 0.1) is 6.04 Å². The van der Waals surface area contributed by atoms with Crippen LogP contribution in [-0.2, 0) is 6.42 Å². The molecule has 108 valence electrons. The second-order valence-corrected chi connectivity index (χ2v) is 5.98. The van der Waals surface area contributed by atoms with E-state index in [0.717, 1.165) is 43.1 Å². The number of nitrogens with zero attached hydrogens (tertiary/aromatic N) is 4. The van der Waals surface area contributed by atoms with Crippen molar-refractivity contribution in [3.63, 3.8) is 0 Å². The predicted octanol–water partition coefficient (Wildman–Crippen LogP) is 1.85. The van der Waals surface area contributed by atoms with Crippen molar-refractivity contribution in [2.24, 2.45) is 5.92 Å². The summed E-state index contributed by atoms with van der Waals surface area (Å²) in [6, 6.07) is 9.89. The van der Waals surface area contributed by atoms with Crippen molar-refractivity contribution in [3.05, 3.63) is 47.5 Å². The Bertz CT molecular complexity index is 679. The van der Waals surface area contributed by atoms with Gasteiger partial charge in [-0.25, -0.2) is 0 Å². The summed E-state index contributed by atoms with van der Waals surface area (Å²) in [6.07, 6.45) is 2.07. The lowest BCUT2D eigenvalue weighted by atomic mass is 9.94. The van der Waals surface area contributed by atoms with Crippen LogP contribution in [0.5, 0.6) is 0 Å². The van der Waals surface area contributed by atoms with E-state index in [9.17, 15) is 4.79 Å². The lowest BCUT2D eigenvalue weighted by molar-refractivity contribution is 0.0784. The van der Waals surface area contributed by atoms with Crippen LogP contribution in [0.25, 0.3) is 0 Å². The minimum atomic E-state index is 0.136. The van der Waals surface area contributed by atoms with Crippen molar-refractivity contribution >= 4 is 5.91 Å². The van der Waals surface area contributed by atoms with Crippen molar-refractivity contribution in [2.45, 2.75) is 25.8 Å². The molecule has 1 aromatic heterocycles. The van der Waals surface area contributed by atoms with Gasteiger partial charge < -0.3 is 9.47 Å². The summed E-state index contributed by atoms with van der Waals surface area (Å²) in [5.74, 6) is 2.70. The highest BCUT2D eigenvalue weighted by Gasteiger charge is 2.40. The molecular formula is C16H18N4O. The van der Waals surface area contributed by atoms with Gasteiger partial charge >= 0.3 is 0 Å². The van der Waals surface area contributed by atoms with Crippen LogP contribution in [0.1, 0.15) is 34.5 Å². The van der Waals surface area contributed by atoms with Crippen molar-refractivity contribution in [1.82, 2.24) is 19.7 Å². The minimum absolute atomic E-state index is 0.136. The second kappa shape index (κ2) is 4.69. The van der Waals surface area contributed by atoms with Gasteiger partial charge in [-0.05, 0) is 31.4 Å². The molecule has 1 fully saturated rings. The Morgan fingerprint density at radius 1 is 1.19 bits per heavy atom. The van der Waals surface area contributed by atoms with E-state index in [1.54, 1.807) is 0 Å². The summed E-state index contributed by atoms with van der Waals surface area (Å²) in [5, 5.41) is 8.45. The minimum Gasteiger partial charge on any atom is -0.336 e. The van der Waals surface area contributed by atoms with Crippen molar-refractivity contribution in [3.8, 4) is 0 Å². The Hall–Kier alpha value is -2.17. The maximum Gasteiger partial charge on any atom is 0.253 e. The van der Waals surface area contributed by atoms with Crippen LogP contribution in [0.3, 0.4) is 0 Å². The maximum absolute atomic E-state index is 12.6. The maximum atomic E-state index is 12.6. The predicted molar refractivity (Wildman–Crippen MR) is 78.0 cm³/mol. The molecule has 4 rings (SSSR count). The number of amides is 1. The molecule has 5 nitrogen and oxygen atoms in total. The summed E-state index contributed by atoms with van der Waals surface area (Å²) in [4.78, 5) is 14.6. The van der Waals surface area contributed by atoms with E-state index in [1.165, 1.54) is 0 Å². The topological polar surface area (TPSA) is 51.0 Å².